The summed E-state index contributed by atoms with van der Waals surface area (Å²) in [6, 6.07) is 6.99. The molecule has 0 radical (unpaired) electrons. The second-order valence-electron chi connectivity index (χ2n) is 5.95. The Morgan fingerprint density at radius 3 is 2.80 bits per heavy atom. The fraction of sp³-hybridized carbons (Fsp3) is 0.471. The molecule has 2 N–H and O–H groups in total. The van der Waals surface area contributed by atoms with E-state index >= 15 is 0 Å². The van der Waals surface area contributed by atoms with Gasteiger partial charge in [-0.15, -0.1) is 0 Å². The Hall–Kier alpha value is -2.61. The number of ether oxygens (including phenoxy) is 2. The molecule has 0 aliphatic carbocycles. The smallest absolute Gasteiger partial charge is 0.240 e. The molecule has 0 bridgehead atoms. The predicted molar refractivity (Wildman–Crippen MR) is 88.9 cm³/mol. The van der Waals surface area contributed by atoms with Crippen molar-refractivity contribution in [3.8, 4) is 11.5 Å². The molecule has 1 saturated heterocycles. The van der Waals surface area contributed by atoms with E-state index in [-0.39, 0.29) is 18.6 Å². The number of aromatic nitrogens is 2. The predicted octanol–water partition coefficient (Wildman–Crippen LogP) is 1.50. The third-order valence-corrected chi connectivity index (χ3v) is 4.22. The second kappa shape index (κ2) is 7.98. The number of amides is 1. The summed E-state index contributed by atoms with van der Waals surface area (Å²) in [5.41, 5.74) is 5.47. The lowest BCUT2D eigenvalue weighted by molar-refractivity contribution is -0.124. The van der Waals surface area contributed by atoms with Gasteiger partial charge in [0.25, 0.3) is 0 Å². The fourth-order valence-electron chi connectivity index (χ4n) is 2.91. The lowest BCUT2D eigenvalue weighted by Gasteiger charge is -2.32. The summed E-state index contributed by atoms with van der Waals surface area (Å²) in [4.78, 5) is 17.9. The van der Waals surface area contributed by atoms with Crippen LogP contribution in [-0.4, -0.2) is 40.6 Å². The molecular formula is C17H22N4O4. The average Bonchev–Trinajstić information content (AvgIpc) is 3.08. The molecule has 1 atom stereocenters. The Morgan fingerprint density at radius 2 is 2.08 bits per heavy atom. The Labute approximate surface area is 145 Å². The van der Waals surface area contributed by atoms with Gasteiger partial charge in [-0.1, -0.05) is 11.6 Å². The lowest BCUT2D eigenvalue weighted by atomic mass is 10.0. The number of hydrogen-bond acceptors (Lipinski definition) is 7. The van der Waals surface area contributed by atoms with Crippen LogP contribution in [0.15, 0.2) is 28.8 Å². The molecule has 134 valence electrons. The first-order valence-electron chi connectivity index (χ1n) is 8.27. The number of benzene rings is 1. The number of piperidine rings is 1. The third-order valence-electron chi connectivity index (χ3n) is 4.22. The molecule has 8 nitrogen and oxygen atoms in total. The molecule has 1 amide bonds. The molecule has 1 aliphatic heterocycles. The maximum atomic E-state index is 11.6. The molecule has 2 aromatic rings. The van der Waals surface area contributed by atoms with E-state index in [0.717, 1.165) is 31.6 Å². The Balaban J connectivity index is 1.55. The van der Waals surface area contributed by atoms with E-state index in [1.165, 1.54) is 0 Å². The minimum atomic E-state index is -0.303. The number of nitrogens with two attached hydrogens (primary N) is 1. The minimum absolute atomic E-state index is 0.203. The molecule has 0 saturated carbocycles. The number of likely N-dealkylation sites (tertiary alicyclic amines) is 1. The van der Waals surface area contributed by atoms with Crippen LogP contribution < -0.4 is 15.2 Å². The zero-order chi connectivity index (χ0) is 17.6. The van der Waals surface area contributed by atoms with E-state index in [0.29, 0.717) is 24.0 Å². The second-order valence-corrected chi connectivity index (χ2v) is 5.95. The van der Waals surface area contributed by atoms with Crippen LogP contribution in [0.5, 0.6) is 11.5 Å². The van der Waals surface area contributed by atoms with Gasteiger partial charge in [0.15, 0.2) is 6.61 Å². The standard InChI is InChI=1S/C17H22N4O4/c1-23-12-5-7-13(8-6-12)24-11-15-19-16(25-20-15)10-21-9-3-2-4-14(21)17(18)22/h5-8,14H,2-4,9-11H2,1H3,(H2,18,22)/t14-/m1/s1. The van der Waals surface area contributed by atoms with Crippen LogP contribution in [0.4, 0.5) is 0 Å². The van der Waals surface area contributed by atoms with Crippen molar-refractivity contribution in [3.05, 3.63) is 36.0 Å². The van der Waals surface area contributed by atoms with Crippen molar-refractivity contribution in [2.24, 2.45) is 5.73 Å². The van der Waals surface area contributed by atoms with Gasteiger partial charge in [0.05, 0.1) is 19.7 Å². The molecule has 0 spiro atoms. The van der Waals surface area contributed by atoms with Gasteiger partial charge in [-0.2, -0.15) is 4.98 Å². The normalized spacial score (nSPS) is 18.0. The zero-order valence-corrected chi connectivity index (χ0v) is 14.2. The maximum Gasteiger partial charge on any atom is 0.240 e. The van der Waals surface area contributed by atoms with E-state index in [9.17, 15) is 4.79 Å². The molecule has 3 rings (SSSR count). The summed E-state index contributed by atoms with van der Waals surface area (Å²) in [7, 11) is 1.61. The largest absolute Gasteiger partial charge is 0.497 e. The molecule has 1 aliphatic rings. The number of rotatable bonds is 7. The van der Waals surface area contributed by atoms with E-state index in [2.05, 4.69) is 10.1 Å². The quantitative estimate of drug-likeness (QED) is 0.810. The maximum absolute atomic E-state index is 11.6. The van der Waals surface area contributed by atoms with E-state index in [4.69, 9.17) is 19.7 Å². The molecule has 1 aromatic heterocycles. The van der Waals surface area contributed by atoms with Crippen molar-refractivity contribution in [2.45, 2.75) is 38.5 Å². The molecule has 1 aromatic carbocycles. The van der Waals surface area contributed by atoms with Crippen LogP contribution >= 0.6 is 0 Å². The highest BCUT2D eigenvalue weighted by Crippen LogP contribution is 2.20. The van der Waals surface area contributed by atoms with Crippen LogP contribution in [-0.2, 0) is 17.9 Å². The zero-order valence-electron chi connectivity index (χ0n) is 14.2. The first-order valence-corrected chi connectivity index (χ1v) is 8.27. The average molecular weight is 346 g/mol. The van der Waals surface area contributed by atoms with E-state index in [1.807, 2.05) is 29.2 Å². The number of carbonyl (C=O) groups is 1. The van der Waals surface area contributed by atoms with Crippen molar-refractivity contribution in [3.63, 3.8) is 0 Å². The van der Waals surface area contributed by atoms with Crippen molar-refractivity contribution in [2.75, 3.05) is 13.7 Å². The summed E-state index contributed by atoms with van der Waals surface area (Å²) in [6.07, 6.45) is 2.82. The Morgan fingerprint density at radius 1 is 1.32 bits per heavy atom. The molecule has 25 heavy (non-hydrogen) atoms. The number of carbonyl (C=O) groups excluding carboxylic acids is 1. The van der Waals surface area contributed by atoms with E-state index in [1.54, 1.807) is 7.11 Å². The lowest BCUT2D eigenvalue weighted by Crippen LogP contribution is -2.47. The Bertz CT molecular complexity index is 701. The third kappa shape index (κ3) is 4.48. The van der Waals surface area contributed by atoms with Crippen LogP contribution in [0.25, 0.3) is 0 Å². The topological polar surface area (TPSA) is 104 Å². The van der Waals surface area contributed by atoms with Gasteiger partial charge in [0.1, 0.15) is 11.5 Å². The molecular weight excluding hydrogens is 324 g/mol. The highest BCUT2D eigenvalue weighted by molar-refractivity contribution is 5.79. The summed E-state index contributed by atoms with van der Waals surface area (Å²) in [5.74, 6) is 2.07. The van der Waals surface area contributed by atoms with Gasteiger partial charge < -0.3 is 19.7 Å². The monoisotopic (exact) mass is 346 g/mol. The van der Waals surface area contributed by atoms with Crippen LogP contribution in [0.2, 0.25) is 0 Å². The fourth-order valence-corrected chi connectivity index (χ4v) is 2.91. The molecule has 1 fully saturated rings. The summed E-state index contributed by atoms with van der Waals surface area (Å²) >= 11 is 0. The van der Waals surface area contributed by atoms with Gasteiger partial charge in [0.2, 0.25) is 17.6 Å². The van der Waals surface area contributed by atoms with Crippen molar-refractivity contribution >= 4 is 5.91 Å². The molecule has 8 heteroatoms. The van der Waals surface area contributed by atoms with Gasteiger partial charge in [-0.25, -0.2) is 0 Å². The van der Waals surface area contributed by atoms with Gasteiger partial charge in [-0.3, -0.25) is 9.69 Å². The van der Waals surface area contributed by atoms with Crippen LogP contribution in [0.1, 0.15) is 31.0 Å². The van der Waals surface area contributed by atoms with E-state index < -0.39 is 0 Å². The summed E-state index contributed by atoms with van der Waals surface area (Å²) in [6.45, 7) is 1.42. The number of methoxy groups -OCH3 is 1. The summed E-state index contributed by atoms with van der Waals surface area (Å²) in [5, 5.41) is 3.92. The number of nitrogens with zero attached hydrogens (tertiary/aromatic N) is 3. The van der Waals surface area contributed by atoms with Gasteiger partial charge in [-0.05, 0) is 43.7 Å². The van der Waals surface area contributed by atoms with Crippen molar-refractivity contribution in [1.82, 2.24) is 15.0 Å². The number of primary amides is 1. The molecule has 0 unspecified atom stereocenters. The first-order chi connectivity index (χ1) is 12.2. The minimum Gasteiger partial charge on any atom is -0.497 e. The van der Waals surface area contributed by atoms with Crippen molar-refractivity contribution < 1.29 is 18.8 Å². The highest BCUT2D eigenvalue weighted by atomic mass is 16.5. The number of hydrogen-bond donors (Lipinski definition) is 1. The van der Waals surface area contributed by atoms with Crippen LogP contribution in [0.3, 0.4) is 0 Å². The highest BCUT2D eigenvalue weighted by Gasteiger charge is 2.28. The SMILES string of the molecule is COc1ccc(OCc2noc(CN3CCCC[C@@H]3C(N)=O)n2)cc1. The molecule has 2 heterocycles. The first kappa shape index (κ1) is 17.2. The summed E-state index contributed by atoms with van der Waals surface area (Å²) < 4.78 is 16.0. The Kier molecular flexibility index (Phi) is 5.49. The van der Waals surface area contributed by atoms with Gasteiger partial charge >= 0.3 is 0 Å². The van der Waals surface area contributed by atoms with Gasteiger partial charge in [0, 0.05) is 0 Å². The van der Waals surface area contributed by atoms with Crippen LogP contribution in [0, 0.1) is 0 Å². The van der Waals surface area contributed by atoms with Crippen molar-refractivity contribution in [1.29, 1.82) is 0 Å².